The lowest BCUT2D eigenvalue weighted by Crippen LogP contribution is -2.41. The van der Waals surface area contributed by atoms with Gasteiger partial charge in [0.1, 0.15) is 6.61 Å². The van der Waals surface area contributed by atoms with Crippen LogP contribution in [0, 0.1) is 5.41 Å². The van der Waals surface area contributed by atoms with Crippen molar-refractivity contribution < 1.29 is 9.47 Å². The highest BCUT2D eigenvalue weighted by Crippen LogP contribution is 2.38. The third kappa shape index (κ3) is 5.48. The Morgan fingerprint density at radius 2 is 2.03 bits per heavy atom. The summed E-state index contributed by atoms with van der Waals surface area (Å²) in [6, 6.07) is 9.07. The summed E-state index contributed by atoms with van der Waals surface area (Å²) in [5.74, 6) is 1.15. The summed E-state index contributed by atoms with van der Waals surface area (Å²) < 4.78 is 15.0. The van der Waals surface area contributed by atoms with Crippen LogP contribution in [0.15, 0.2) is 44.6 Å². The van der Waals surface area contributed by atoms with Gasteiger partial charge < -0.3 is 9.47 Å². The monoisotopic (exact) mass is 568 g/mol. The van der Waals surface area contributed by atoms with E-state index in [2.05, 4.69) is 34.8 Å². The highest BCUT2D eigenvalue weighted by molar-refractivity contribution is 9.10. The van der Waals surface area contributed by atoms with Gasteiger partial charge in [-0.05, 0) is 58.8 Å². The van der Waals surface area contributed by atoms with Crippen LogP contribution < -0.4 is 24.4 Å². The predicted molar refractivity (Wildman–Crippen MR) is 138 cm³/mol. The van der Waals surface area contributed by atoms with Crippen molar-refractivity contribution >= 4 is 56.5 Å². The Morgan fingerprint density at radius 1 is 1.24 bits per heavy atom. The van der Waals surface area contributed by atoms with Crippen LogP contribution in [-0.2, 0) is 13.2 Å². The Morgan fingerprint density at radius 3 is 2.76 bits per heavy atom. The Balaban J connectivity index is 1.68. The lowest BCUT2D eigenvalue weighted by atomic mass is 9.93. The third-order valence-corrected chi connectivity index (χ3v) is 7.35. The van der Waals surface area contributed by atoms with E-state index in [-0.39, 0.29) is 17.6 Å². The molecule has 0 spiro atoms. The molecule has 1 aliphatic rings. The molecule has 3 aromatic rings. The molecule has 2 heterocycles. The van der Waals surface area contributed by atoms with Gasteiger partial charge in [-0.2, -0.15) is 0 Å². The summed E-state index contributed by atoms with van der Waals surface area (Å²) in [5.41, 5.74) is 1.61. The number of ether oxygens (including phenoxy) is 2. The molecule has 1 aromatic heterocycles. The van der Waals surface area contributed by atoms with Gasteiger partial charge in [-0.15, -0.1) is 0 Å². The van der Waals surface area contributed by atoms with Crippen LogP contribution in [0.25, 0.3) is 6.08 Å². The Kier molecular flexibility index (Phi) is 7.24. The van der Waals surface area contributed by atoms with E-state index in [4.69, 9.17) is 32.7 Å². The fraction of sp³-hybridized carbons (Fsp3) is 0.333. The molecular weight excluding hydrogens is 547 g/mol. The second-order valence-corrected chi connectivity index (χ2v) is 11.3. The maximum absolute atomic E-state index is 13.0. The highest BCUT2D eigenvalue weighted by atomic mass is 79.9. The number of thiazole rings is 1. The van der Waals surface area contributed by atoms with Gasteiger partial charge in [-0.25, -0.2) is 0 Å². The number of nitrogens with zero attached hydrogens (tertiary/aromatic N) is 2. The molecule has 9 heteroatoms. The molecule has 2 aromatic carbocycles. The van der Waals surface area contributed by atoms with Crippen molar-refractivity contribution in [3.8, 4) is 11.5 Å². The second kappa shape index (κ2) is 9.82. The molecule has 33 heavy (non-hydrogen) atoms. The number of benzene rings is 2. The van der Waals surface area contributed by atoms with Crippen molar-refractivity contribution in [1.29, 1.82) is 0 Å². The van der Waals surface area contributed by atoms with Crippen LogP contribution in [0.1, 0.15) is 31.9 Å². The largest absolute Gasteiger partial charge is 0.490 e. The van der Waals surface area contributed by atoms with Gasteiger partial charge in [-0.3, -0.25) is 14.4 Å². The summed E-state index contributed by atoms with van der Waals surface area (Å²) in [5, 5.41) is 1.11. The number of hydrogen-bond acceptors (Lipinski definition) is 5. The minimum absolute atomic E-state index is 0.0154. The molecular formula is C24H23BrCl2N2O3S. The van der Waals surface area contributed by atoms with E-state index in [1.807, 2.05) is 31.2 Å². The SMILES string of the molecule is CCOc1cc(C=c2sc3n(c2=O)CC(C)(C)CN=3)cc(Br)c1OCc1ccc(Cl)cc1Cl. The summed E-state index contributed by atoms with van der Waals surface area (Å²) in [7, 11) is 0. The fourth-order valence-electron chi connectivity index (χ4n) is 3.54. The lowest BCUT2D eigenvalue weighted by Gasteiger charge is -2.25. The molecule has 4 rings (SSSR count). The Labute approximate surface area is 214 Å². The average Bonchev–Trinajstić information content (AvgIpc) is 3.03. The van der Waals surface area contributed by atoms with Gasteiger partial charge in [0.25, 0.3) is 5.56 Å². The molecule has 0 atom stereocenters. The van der Waals surface area contributed by atoms with Crippen molar-refractivity contribution in [2.75, 3.05) is 13.2 Å². The van der Waals surface area contributed by atoms with E-state index in [1.165, 1.54) is 11.3 Å². The van der Waals surface area contributed by atoms with E-state index in [1.54, 1.807) is 16.7 Å². The van der Waals surface area contributed by atoms with Gasteiger partial charge >= 0.3 is 0 Å². The van der Waals surface area contributed by atoms with E-state index >= 15 is 0 Å². The van der Waals surface area contributed by atoms with Crippen LogP contribution in [0.3, 0.4) is 0 Å². The van der Waals surface area contributed by atoms with Crippen molar-refractivity contribution in [3.63, 3.8) is 0 Å². The quantitative estimate of drug-likeness (QED) is 0.397. The first-order valence-corrected chi connectivity index (χ1v) is 12.8. The van der Waals surface area contributed by atoms with Crippen LogP contribution in [0.2, 0.25) is 10.0 Å². The van der Waals surface area contributed by atoms with Crippen LogP contribution in [0.4, 0.5) is 0 Å². The number of rotatable bonds is 6. The molecule has 0 unspecified atom stereocenters. The zero-order valence-electron chi connectivity index (χ0n) is 18.5. The van der Waals surface area contributed by atoms with Gasteiger partial charge in [0.15, 0.2) is 16.3 Å². The number of fused-ring (bicyclic) bond motifs is 1. The zero-order valence-corrected chi connectivity index (χ0v) is 22.4. The summed E-state index contributed by atoms with van der Waals surface area (Å²) in [6.45, 7) is 8.26. The molecule has 0 saturated heterocycles. The van der Waals surface area contributed by atoms with Gasteiger partial charge in [-0.1, -0.05) is 54.5 Å². The molecule has 174 valence electrons. The van der Waals surface area contributed by atoms with Crippen molar-refractivity contribution in [2.24, 2.45) is 10.4 Å². The van der Waals surface area contributed by atoms with Gasteiger partial charge in [0.05, 0.1) is 15.6 Å². The molecule has 0 radical (unpaired) electrons. The third-order valence-electron chi connectivity index (χ3n) is 5.13. The van der Waals surface area contributed by atoms with Gasteiger partial charge in [0.2, 0.25) is 0 Å². The minimum Gasteiger partial charge on any atom is -0.490 e. The minimum atomic E-state index is -0.0215. The highest BCUT2D eigenvalue weighted by Gasteiger charge is 2.24. The Bertz CT molecular complexity index is 1380. The maximum Gasteiger partial charge on any atom is 0.270 e. The first kappa shape index (κ1) is 24.3. The molecule has 0 amide bonds. The van der Waals surface area contributed by atoms with E-state index in [0.717, 1.165) is 26.9 Å². The fourth-order valence-corrected chi connectivity index (χ4v) is 5.55. The maximum atomic E-state index is 13.0. The van der Waals surface area contributed by atoms with Crippen molar-refractivity contribution in [1.82, 2.24) is 4.57 Å². The molecule has 0 bridgehead atoms. The van der Waals surface area contributed by atoms with Crippen LogP contribution >= 0.6 is 50.5 Å². The van der Waals surface area contributed by atoms with E-state index in [9.17, 15) is 4.79 Å². The topological polar surface area (TPSA) is 52.8 Å². The van der Waals surface area contributed by atoms with E-state index < -0.39 is 0 Å². The normalized spacial score (nSPS) is 15.2. The summed E-state index contributed by atoms with van der Waals surface area (Å²) in [6.07, 6.45) is 1.87. The number of halogens is 3. The molecule has 1 aliphatic heterocycles. The number of aromatic nitrogens is 1. The molecule has 0 N–H and O–H groups in total. The lowest BCUT2D eigenvalue weighted by molar-refractivity contribution is 0.267. The molecule has 0 saturated carbocycles. The molecule has 0 fully saturated rings. The molecule has 0 aliphatic carbocycles. The first-order chi connectivity index (χ1) is 15.7. The smallest absolute Gasteiger partial charge is 0.270 e. The number of hydrogen-bond donors (Lipinski definition) is 0. The first-order valence-electron chi connectivity index (χ1n) is 10.5. The average molecular weight is 570 g/mol. The van der Waals surface area contributed by atoms with Crippen LogP contribution in [-0.4, -0.2) is 17.7 Å². The summed E-state index contributed by atoms with van der Waals surface area (Å²) in [4.78, 5) is 18.4. The van der Waals surface area contributed by atoms with E-state index in [0.29, 0.717) is 39.2 Å². The predicted octanol–water partition coefficient (Wildman–Crippen LogP) is 5.45. The standard InChI is InChI=1S/C24H23BrCl2N2O3S/c1-4-31-19-8-14(9-20-22(30)29-13-24(2,3)12-28-23(29)33-20)7-17(25)21(19)32-11-15-5-6-16(26)10-18(15)27/h5-10H,4,11-13H2,1-3H3. The van der Waals surface area contributed by atoms with Crippen LogP contribution in [0.5, 0.6) is 11.5 Å². The zero-order chi connectivity index (χ0) is 23.8. The second-order valence-electron chi connectivity index (χ2n) is 8.55. The Hall–Kier alpha value is -1.80. The molecule has 5 nitrogen and oxygen atoms in total. The van der Waals surface area contributed by atoms with Crippen molar-refractivity contribution in [3.05, 3.63) is 75.7 Å². The summed E-state index contributed by atoms with van der Waals surface area (Å²) >= 11 is 17.3. The van der Waals surface area contributed by atoms with Crippen molar-refractivity contribution in [2.45, 2.75) is 33.9 Å². The van der Waals surface area contributed by atoms with Gasteiger partial charge in [0, 0.05) is 34.1 Å².